The van der Waals surface area contributed by atoms with Crippen molar-refractivity contribution >= 4 is 30.3 Å². The van der Waals surface area contributed by atoms with E-state index in [9.17, 15) is 9.59 Å². The highest BCUT2D eigenvalue weighted by Gasteiger charge is 2.52. The molecule has 0 spiro atoms. The van der Waals surface area contributed by atoms with E-state index in [1.54, 1.807) is 37.2 Å². The molecule has 1 saturated heterocycles. The third-order valence-corrected chi connectivity index (χ3v) is 4.64. The molecule has 5 nitrogen and oxygen atoms in total. The first-order valence-electron chi connectivity index (χ1n) is 7.67. The van der Waals surface area contributed by atoms with Crippen molar-refractivity contribution in [1.82, 2.24) is 9.88 Å². The summed E-state index contributed by atoms with van der Waals surface area (Å²) in [6.45, 7) is 5.82. The first kappa shape index (κ1) is 16.5. The van der Waals surface area contributed by atoms with Crippen molar-refractivity contribution < 1.29 is 9.59 Å². The van der Waals surface area contributed by atoms with Crippen LogP contribution in [-0.4, -0.2) is 27.4 Å². The van der Waals surface area contributed by atoms with Gasteiger partial charge in [-0.15, -0.1) is 12.6 Å². The molecule has 6 heteroatoms. The lowest BCUT2D eigenvalue weighted by Gasteiger charge is -2.27. The van der Waals surface area contributed by atoms with Crippen LogP contribution in [0.15, 0.2) is 47.6 Å². The van der Waals surface area contributed by atoms with E-state index in [2.05, 4.69) is 17.6 Å². The molecule has 0 N–H and O–H groups in total. The Morgan fingerprint density at radius 1 is 1.12 bits per heavy atom. The van der Waals surface area contributed by atoms with Crippen molar-refractivity contribution in [2.24, 2.45) is 0 Å². The van der Waals surface area contributed by atoms with Crippen LogP contribution in [0.4, 0.5) is 10.5 Å². The average Bonchev–Trinajstić information content (AvgIpc) is 2.70. The van der Waals surface area contributed by atoms with Gasteiger partial charge in [0, 0.05) is 23.8 Å². The van der Waals surface area contributed by atoms with Crippen molar-refractivity contribution in [3.05, 3.63) is 53.9 Å². The third-order valence-electron chi connectivity index (χ3n) is 4.29. The Balaban J connectivity index is 1.99. The van der Waals surface area contributed by atoms with Crippen LogP contribution < -0.4 is 4.90 Å². The van der Waals surface area contributed by atoms with E-state index < -0.39 is 5.54 Å². The fraction of sp³-hybridized carbons (Fsp3) is 0.278. The molecule has 0 unspecified atom stereocenters. The number of amides is 3. The summed E-state index contributed by atoms with van der Waals surface area (Å²) in [6.07, 6.45) is 3.35. The van der Waals surface area contributed by atoms with Crippen LogP contribution in [0.5, 0.6) is 0 Å². The minimum absolute atomic E-state index is 0.249. The maximum absolute atomic E-state index is 13.0. The number of anilines is 1. The number of pyridine rings is 1. The predicted octanol–water partition coefficient (Wildman–Crippen LogP) is 3.43. The maximum atomic E-state index is 13.0. The number of hydrogen-bond donors (Lipinski definition) is 1. The number of imide groups is 1. The third kappa shape index (κ3) is 2.67. The highest BCUT2D eigenvalue weighted by molar-refractivity contribution is 7.80. The predicted molar refractivity (Wildman–Crippen MR) is 95.2 cm³/mol. The van der Waals surface area contributed by atoms with E-state index in [4.69, 9.17) is 0 Å². The second kappa shape index (κ2) is 5.94. The Hall–Kier alpha value is -2.34. The molecule has 2 aromatic rings. The van der Waals surface area contributed by atoms with Gasteiger partial charge in [0.15, 0.2) is 0 Å². The Labute approximate surface area is 146 Å². The molecule has 3 amide bonds. The molecule has 24 heavy (non-hydrogen) atoms. The molecular weight excluding hydrogens is 322 g/mol. The molecule has 1 fully saturated rings. The summed E-state index contributed by atoms with van der Waals surface area (Å²) in [5.74, 6) is -0.249. The van der Waals surface area contributed by atoms with Crippen LogP contribution in [-0.2, 0) is 11.3 Å². The van der Waals surface area contributed by atoms with Gasteiger partial charge in [0.05, 0.1) is 5.69 Å². The molecule has 0 radical (unpaired) electrons. The fourth-order valence-electron chi connectivity index (χ4n) is 2.81. The van der Waals surface area contributed by atoms with Crippen LogP contribution in [0.2, 0.25) is 0 Å². The van der Waals surface area contributed by atoms with Crippen LogP contribution in [0, 0.1) is 6.92 Å². The summed E-state index contributed by atoms with van der Waals surface area (Å²) in [6, 6.07) is 8.82. The first-order chi connectivity index (χ1) is 11.3. The lowest BCUT2D eigenvalue weighted by Crippen LogP contribution is -2.43. The zero-order chi connectivity index (χ0) is 17.5. The molecular formula is C18H19N3O2S. The van der Waals surface area contributed by atoms with Crippen LogP contribution in [0.3, 0.4) is 0 Å². The number of rotatable bonds is 3. The standard InChI is InChI=1S/C18H19N3O2S/c1-12-4-5-14(15(24)10-12)21-16(22)18(2,3)20(17(21)23)11-13-6-8-19-9-7-13/h4-10,24H,11H2,1-3H3. The van der Waals surface area contributed by atoms with Gasteiger partial charge in [-0.05, 0) is 56.2 Å². The first-order valence-corrected chi connectivity index (χ1v) is 8.12. The van der Waals surface area contributed by atoms with Gasteiger partial charge in [0.1, 0.15) is 5.54 Å². The Bertz CT molecular complexity index is 805. The van der Waals surface area contributed by atoms with Crippen molar-refractivity contribution in [2.75, 3.05) is 4.90 Å². The van der Waals surface area contributed by atoms with Crippen LogP contribution in [0.25, 0.3) is 0 Å². The second-order valence-corrected chi connectivity index (χ2v) is 6.90. The van der Waals surface area contributed by atoms with Gasteiger partial charge in [-0.25, -0.2) is 9.69 Å². The summed E-state index contributed by atoms with van der Waals surface area (Å²) >= 11 is 4.44. The zero-order valence-corrected chi connectivity index (χ0v) is 14.7. The maximum Gasteiger partial charge on any atom is 0.332 e. The van der Waals surface area contributed by atoms with Gasteiger partial charge < -0.3 is 4.90 Å². The summed E-state index contributed by atoms with van der Waals surface area (Å²) in [4.78, 5) is 33.2. The summed E-state index contributed by atoms with van der Waals surface area (Å²) in [5.41, 5.74) is 1.54. The summed E-state index contributed by atoms with van der Waals surface area (Å²) in [5, 5.41) is 0. The molecule has 0 bridgehead atoms. The summed E-state index contributed by atoms with van der Waals surface area (Å²) in [7, 11) is 0. The van der Waals surface area contributed by atoms with Gasteiger partial charge >= 0.3 is 6.03 Å². The number of carbonyl (C=O) groups is 2. The number of carbonyl (C=O) groups excluding carboxylic acids is 2. The number of thiol groups is 1. The molecule has 1 aromatic heterocycles. The van der Waals surface area contributed by atoms with Gasteiger partial charge in [0.25, 0.3) is 5.91 Å². The Kier molecular flexibility index (Phi) is 4.09. The average molecular weight is 341 g/mol. The van der Waals surface area contributed by atoms with Gasteiger partial charge in [0.2, 0.25) is 0 Å². The summed E-state index contributed by atoms with van der Waals surface area (Å²) < 4.78 is 0. The highest BCUT2D eigenvalue weighted by Crippen LogP contribution is 2.36. The van der Waals surface area contributed by atoms with Crippen molar-refractivity contribution in [3.63, 3.8) is 0 Å². The van der Waals surface area contributed by atoms with Crippen LogP contribution >= 0.6 is 12.6 Å². The van der Waals surface area contributed by atoms with E-state index in [1.165, 1.54) is 4.90 Å². The van der Waals surface area contributed by atoms with Crippen molar-refractivity contribution in [2.45, 2.75) is 37.8 Å². The molecule has 1 aromatic carbocycles. The monoisotopic (exact) mass is 341 g/mol. The van der Waals surface area contributed by atoms with E-state index in [0.717, 1.165) is 11.1 Å². The molecule has 0 atom stereocenters. The molecule has 1 aliphatic rings. The minimum atomic E-state index is -0.925. The number of aromatic nitrogens is 1. The molecule has 0 aliphatic carbocycles. The molecule has 0 saturated carbocycles. The lowest BCUT2D eigenvalue weighted by molar-refractivity contribution is -0.123. The van der Waals surface area contributed by atoms with Gasteiger partial charge in [-0.3, -0.25) is 9.78 Å². The smallest absolute Gasteiger partial charge is 0.305 e. The largest absolute Gasteiger partial charge is 0.332 e. The van der Waals surface area contributed by atoms with Crippen LogP contribution in [0.1, 0.15) is 25.0 Å². The van der Waals surface area contributed by atoms with Crippen molar-refractivity contribution in [1.29, 1.82) is 0 Å². The number of hydrogen-bond acceptors (Lipinski definition) is 4. The topological polar surface area (TPSA) is 53.5 Å². The molecule has 3 rings (SSSR count). The van der Waals surface area contributed by atoms with Gasteiger partial charge in [-0.2, -0.15) is 0 Å². The lowest BCUT2D eigenvalue weighted by atomic mass is 10.0. The Morgan fingerprint density at radius 3 is 2.42 bits per heavy atom. The van der Waals surface area contributed by atoms with Crippen molar-refractivity contribution in [3.8, 4) is 0 Å². The minimum Gasteiger partial charge on any atom is -0.305 e. The SMILES string of the molecule is Cc1ccc(N2C(=O)N(Cc3ccncc3)C(C)(C)C2=O)c(S)c1. The normalized spacial score (nSPS) is 16.8. The quantitative estimate of drug-likeness (QED) is 0.687. The zero-order valence-electron chi connectivity index (χ0n) is 13.9. The second-order valence-electron chi connectivity index (χ2n) is 6.42. The Morgan fingerprint density at radius 2 is 1.79 bits per heavy atom. The molecule has 1 aliphatic heterocycles. The number of benzene rings is 1. The fourth-order valence-corrected chi connectivity index (χ4v) is 3.18. The van der Waals surface area contributed by atoms with E-state index in [0.29, 0.717) is 17.1 Å². The van der Waals surface area contributed by atoms with E-state index >= 15 is 0 Å². The molecule has 124 valence electrons. The molecule has 2 heterocycles. The highest BCUT2D eigenvalue weighted by atomic mass is 32.1. The number of urea groups is 1. The van der Waals surface area contributed by atoms with E-state index in [-0.39, 0.29) is 11.9 Å². The number of aryl methyl sites for hydroxylation is 1. The van der Waals surface area contributed by atoms with E-state index in [1.807, 2.05) is 31.2 Å². The number of nitrogens with zero attached hydrogens (tertiary/aromatic N) is 3. The van der Waals surface area contributed by atoms with Gasteiger partial charge in [-0.1, -0.05) is 6.07 Å².